The first-order valence-corrected chi connectivity index (χ1v) is 24.7. The second-order valence-electron chi connectivity index (χ2n) is 19.1. The van der Waals surface area contributed by atoms with Crippen molar-refractivity contribution >= 4 is 43.6 Å². The van der Waals surface area contributed by atoms with E-state index in [4.69, 9.17) is 15.0 Å². The maximum Gasteiger partial charge on any atom is 0.166 e. The lowest BCUT2D eigenvalue weighted by molar-refractivity contribution is 1.06. The van der Waals surface area contributed by atoms with Crippen LogP contribution in [0, 0.1) is 27.7 Å². The lowest BCUT2D eigenvalue weighted by atomic mass is 9.96. The molecule has 342 valence electrons. The molecule has 0 aliphatic rings. The minimum absolute atomic E-state index is 0.590. The third-order valence-corrected chi connectivity index (χ3v) is 14.4. The molecule has 13 aromatic rings. The van der Waals surface area contributed by atoms with Gasteiger partial charge >= 0.3 is 0 Å². The van der Waals surface area contributed by atoms with Crippen molar-refractivity contribution in [1.82, 2.24) is 24.1 Å². The molecule has 0 aliphatic heterocycles. The molecule has 3 heterocycles. The quantitative estimate of drug-likeness (QED) is 0.153. The number of hydrogen-bond donors (Lipinski definition) is 0. The zero-order chi connectivity index (χ0) is 48.5. The predicted octanol–water partition coefficient (Wildman–Crippen LogP) is 17.3. The Balaban J connectivity index is 1.11. The zero-order valence-corrected chi connectivity index (χ0v) is 40.6. The van der Waals surface area contributed by atoms with Crippen LogP contribution in [-0.4, -0.2) is 24.1 Å². The van der Waals surface area contributed by atoms with E-state index in [1.807, 2.05) is 36.4 Å². The fourth-order valence-electron chi connectivity index (χ4n) is 10.9. The predicted molar refractivity (Wildman–Crippen MR) is 300 cm³/mol. The van der Waals surface area contributed by atoms with Crippen molar-refractivity contribution in [3.63, 3.8) is 0 Å². The summed E-state index contributed by atoms with van der Waals surface area (Å²) in [5.41, 5.74) is 21.3. The Kier molecular flexibility index (Phi) is 10.3. The molecule has 0 spiro atoms. The van der Waals surface area contributed by atoms with E-state index in [-0.39, 0.29) is 0 Å². The highest BCUT2D eigenvalue weighted by atomic mass is 15.1. The molecule has 0 unspecified atom stereocenters. The van der Waals surface area contributed by atoms with E-state index in [9.17, 15) is 0 Å². The summed E-state index contributed by atoms with van der Waals surface area (Å²) >= 11 is 0. The zero-order valence-electron chi connectivity index (χ0n) is 40.6. The molecule has 0 atom stereocenters. The van der Waals surface area contributed by atoms with Gasteiger partial charge in [-0.1, -0.05) is 181 Å². The molecule has 0 radical (unpaired) electrons. The summed E-state index contributed by atoms with van der Waals surface area (Å²) < 4.78 is 4.82. The van der Waals surface area contributed by atoms with Crippen molar-refractivity contribution in [1.29, 1.82) is 0 Å². The van der Waals surface area contributed by atoms with Crippen LogP contribution in [0.3, 0.4) is 0 Å². The van der Waals surface area contributed by atoms with Crippen LogP contribution in [-0.2, 0) is 0 Å². The molecule has 0 bridgehead atoms. The number of para-hydroxylation sites is 2. The second kappa shape index (κ2) is 17.3. The van der Waals surface area contributed by atoms with Gasteiger partial charge in [-0.05, 0) is 127 Å². The summed E-state index contributed by atoms with van der Waals surface area (Å²) in [5, 5.41) is 4.74. The first kappa shape index (κ1) is 42.9. The van der Waals surface area contributed by atoms with E-state index in [2.05, 4.69) is 225 Å². The van der Waals surface area contributed by atoms with Crippen LogP contribution in [0.5, 0.6) is 0 Å². The Bertz CT molecular complexity index is 4070. The molecule has 0 saturated carbocycles. The van der Waals surface area contributed by atoms with Gasteiger partial charge in [0, 0.05) is 43.9 Å². The van der Waals surface area contributed by atoms with Gasteiger partial charge in [0.25, 0.3) is 0 Å². The molecule has 5 nitrogen and oxygen atoms in total. The van der Waals surface area contributed by atoms with Gasteiger partial charge in [0.2, 0.25) is 0 Å². The number of nitrogens with zero attached hydrogens (tertiary/aromatic N) is 5. The summed E-state index contributed by atoms with van der Waals surface area (Å²) in [4.78, 5) is 16.0. The molecule has 5 heteroatoms. The monoisotopic (exact) mass is 923 g/mol. The Morgan fingerprint density at radius 3 is 1.33 bits per heavy atom. The van der Waals surface area contributed by atoms with Crippen molar-refractivity contribution in [3.05, 3.63) is 247 Å². The van der Waals surface area contributed by atoms with Crippen LogP contribution >= 0.6 is 0 Å². The van der Waals surface area contributed by atoms with Crippen molar-refractivity contribution in [3.8, 4) is 78.9 Å². The standard InChI is InChI=1S/C67H49N5/c1-42-24-30-53(44(3)36-42)50-26-32-56-57-33-27-51(54-31-25-43(2)37-45(54)4)41-64(57)72(63(56)40-50)62-35-29-49(48-28-34-61-58(38-48)55-22-14-15-23-60(55)71(61)52-20-12-7-13-21-52)39-59(62)67-69-65(46-16-8-5-9-17-46)68-66(70-67)47-18-10-6-11-19-47/h5-41H,1-4H3. The SMILES string of the molecule is Cc1ccc(-c2ccc3c4ccc(-c5ccc(C)cc5C)cc4n(-c4ccc(-c5ccc6c(c5)c5ccccc5n6-c5ccccc5)cc4-c4nc(-c5ccccc5)nc(-c5ccccc5)n4)c3c2)c(C)c1. The van der Waals surface area contributed by atoms with Crippen LogP contribution in [0.25, 0.3) is 123 Å². The van der Waals surface area contributed by atoms with Crippen molar-refractivity contribution < 1.29 is 0 Å². The molecule has 13 rings (SSSR count). The number of benzene rings is 10. The maximum atomic E-state index is 5.42. The van der Waals surface area contributed by atoms with Crippen LogP contribution < -0.4 is 0 Å². The van der Waals surface area contributed by atoms with Crippen LogP contribution in [0.1, 0.15) is 22.3 Å². The van der Waals surface area contributed by atoms with Crippen LogP contribution in [0.2, 0.25) is 0 Å². The van der Waals surface area contributed by atoms with Gasteiger partial charge in [-0.3, -0.25) is 0 Å². The molecular weight excluding hydrogens is 875 g/mol. The molecule has 3 aromatic heterocycles. The van der Waals surface area contributed by atoms with Gasteiger partial charge in [0.05, 0.1) is 27.8 Å². The fourth-order valence-corrected chi connectivity index (χ4v) is 10.9. The maximum absolute atomic E-state index is 5.42. The third kappa shape index (κ3) is 7.37. The molecule has 0 aliphatic carbocycles. The van der Waals surface area contributed by atoms with Gasteiger partial charge in [0.15, 0.2) is 17.5 Å². The Morgan fingerprint density at radius 1 is 0.278 bits per heavy atom. The van der Waals surface area contributed by atoms with Gasteiger partial charge < -0.3 is 9.13 Å². The van der Waals surface area contributed by atoms with Crippen molar-refractivity contribution in [2.45, 2.75) is 27.7 Å². The van der Waals surface area contributed by atoms with Crippen molar-refractivity contribution in [2.24, 2.45) is 0 Å². The van der Waals surface area contributed by atoms with E-state index >= 15 is 0 Å². The summed E-state index contributed by atoms with van der Waals surface area (Å²) in [6.07, 6.45) is 0. The Labute approximate surface area is 419 Å². The topological polar surface area (TPSA) is 48.5 Å². The fraction of sp³-hybridized carbons (Fsp3) is 0.0597. The lowest BCUT2D eigenvalue weighted by Gasteiger charge is -2.17. The largest absolute Gasteiger partial charge is 0.309 e. The van der Waals surface area contributed by atoms with Gasteiger partial charge in [0.1, 0.15) is 0 Å². The van der Waals surface area contributed by atoms with Crippen molar-refractivity contribution in [2.75, 3.05) is 0 Å². The van der Waals surface area contributed by atoms with E-state index in [1.54, 1.807) is 0 Å². The first-order chi connectivity index (χ1) is 35.3. The summed E-state index contributed by atoms with van der Waals surface area (Å²) in [5.74, 6) is 1.82. The van der Waals surface area contributed by atoms with Gasteiger partial charge in [-0.2, -0.15) is 0 Å². The minimum atomic E-state index is 0.590. The highest BCUT2D eigenvalue weighted by Gasteiger charge is 2.23. The third-order valence-electron chi connectivity index (χ3n) is 14.4. The molecule has 72 heavy (non-hydrogen) atoms. The number of rotatable bonds is 8. The molecule has 0 N–H and O–H groups in total. The number of hydrogen-bond acceptors (Lipinski definition) is 3. The lowest BCUT2D eigenvalue weighted by Crippen LogP contribution is -2.04. The van der Waals surface area contributed by atoms with E-state index in [0.717, 1.165) is 66.9 Å². The molecular formula is C67H49N5. The Hall–Kier alpha value is -9.19. The van der Waals surface area contributed by atoms with Crippen LogP contribution in [0.4, 0.5) is 0 Å². The molecule has 0 fully saturated rings. The average molecular weight is 924 g/mol. The minimum Gasteiger partial charge on any atom is -0.309 e. The first-order valence-electron chi connectivity index (χ1n) is 24.7. The van der Waals surface area contributed by atoms with Crippen LogP contribution in [0.15, 0.2) is 224 Å². The number of aryl methyl sites for hydroxylation is 4. The summed E-state index contributed by atoms with van der Waals surface area (Å²) in [7, 11) is 0. The number of aromatic nitrogens is 5. The van der Waals surface area contributed by atoms with Gasteiger partial charge in [-0.15, -0.1) is 0 Å². The smallest absolute Gasteiger partial charge is 0.166 e. The van der Waals surface area contributed by atoms with E-state index < -0.39 is 0 Å². The number of fused-ring (bicyclic) bond motifs is 6. The molecule has 10 aromatic carbocycles. The summed E-state index contributed by atoms with van der Waals surface area (Å²) in [6, 6.07) is 80.9. The Morgan fingerprint density at radius 2 is 0.750 bits per heavy atom. The van der Waals surface area contributed by atoms with E-state index in [0.29, 0.717) is 17.5 Å². The second-order valence-corrected chi connectivity index (χ2v) is 19.1. The van der Waals surface area contributed by atoms with E-state index in [1.165, 1.54) is 60.4 Å². The highest BCUT2D eigenvalue weighted by molar-refractivity contribution is 6.13. The molecule has 0 saturated heterocycles. The van der Waals surface area contributed by atoms with Gasteiger partial charge in [-0.25, -0.2) is 15.0 Å². The highest BCUT2D eigenvalue weighted by Crippen LogP contribution is 2.43. The molecule has 0 amide bonds. The normalized spacial score (nSPS) is 11.6. The summed E-state index contributed by atoms with van der Waals surface area (Å²) in [6.45, 7) is 8.73. The average Bonchev–Trinajstić information content (AvgIpc) is 3.93.